The van der Waals surface area contributed by atoms with E-state index in [2.05, 4.69) is 28.6 Å². The second-order valence-electron chi connectivity index (χ2n) is 12.4. The average Bonchev–Trinajstić information content (AvgIpc) is 3.71. The van der Waals surface area contributed by atoms with Crippen LogP contribution in [0, 0.1) is 6.92 Å². The molecule has 1 aromatic carbocycles. The summed E-state index contributed by atoms with van der Waals surface area (Å²) >= 11 is 1.77. The summed E-state index contributed by atoms with van der Waals surface area (Å²) in [7, 11) is -4.27. The second-order valence-corrected chi connectivity index (χ2v) is 14.6. The monoisotopic (exact) mass is 667 g/mol. The zero-order chi connectivity index (χ0) is 32.4. The standard InChI is InChI=1S/C29H54NO3S.C7H8O3S/c1-2-3-4-5-6-7-8-9-10-11-12-14-17-20-29-32-26-28(33-29)25-31-23-19-16-13-15-18-21-30-22-24-34-27-30;1-6-2-4-7(5-3-6)11(8,9)10/h22,24,27-29H,2-21,23,25-26H2,1H3;2-5H,1H3,(H,8,9,10)/q+1;/p-1. The quantitative estimate of drug-likeness (QED) is 0.0596. The Bertz CT molecular complexity index is 1050. The Morgan fingerprint density at radius 1 is 0.844 bits per heavy atom. The third-order valence-electron chi connectivity index (χ3n) is 8.20. The SMILES string of the molecule is CCCCCCCCCCCCCCCC1OCC(COCCCCCCC[n+]2ccsc2)O1.Cc1ccc(S(=O)(=O)[O-])cc1. The first-order valence-electron chi connectivity index (χ1n) is 17.7. The summed E-state index contributed by atoms with van der Waals surface area (Å²) in [5.74, 6) is 0. The maximum atomic E-state index is 10.4. The average molecular weight is 668 g/mol. The Hall–Kier alpha value is -1.36. The minimum atomic E-state index is -4.27. The summed E-state index contributed by atoms with van der Waals surface area (Å²) in [6, 6.07) is 5.78. The maximum Gasteiger partial charge on any atom is 0.224 e. The minimum absolute atomic E-state index is 0.00223. The molecule has 258 valence electrons. The van der Waals surface area contributed by atoms with Gasteiger partial charge in [0.15, 0.2) is 12.5 Å². The van der Waals surface area contributed by atoms with Crippen molar-refractivity contribution in [2.45, 2.75) is 160 Å². The van der Waals surface area contributed by atoms with Crippen LogP contribution in [0.15, 0.2) is 46.2 Å². The molecule has 7 nitrogen and oxygen atoms in total. The summed E-state index contributed by atoms with van der Waals surface area (Å²) < 4.78 is 51.1. The van der Waals surface area contributed by atoms with Crippen molar-refractivity contribution in [3.8, 4) is 0 Å². The van der Waals surface area contributed by atoms with E-state index < -0.39 is 10.1 Å². The number of hydrogen-bond acceptors (Lipinski definition) is 7. The van der Waals surface area contributed by atoms with E-state index in [0.29, 0.717) is 13.2 Å². The fourth-order valence-electron chi connectivity index (χ4n) is 5.41. The van der Waals surface area contributed by atoms with Gasteiger partial charge in [0.1, 0.15) is 22.8 Å². The fraction of sp³-hybridized carbons (Fsp3) is 0.750. The highest BCUT2D eigenvalue weighted by atomic mass is 32.2. The second kappa shape index (κ2) is 25.7. The molecule has 3 rings (SSSR count). The molecule has 1 fully saturated rings. The number of benzene rings is 1. The van der Waals surface area contributed by atoms with Crippen LogP contribution in [0.4, 0.5) is 0 Å². The number of rotatable bonds is 25. The molecule has 0 saturated carbocycles. The Morgan fingerprint density at radius 2 is 1.42 bits per heavy atom. The molecule has 2 aromatic rings. The number of ether oxygens (including phenoxy) is 3. The summed E-state index contributed by atoms with van der Waals surface area (Å²) in [4.78, 5) is -0.178. The van der Waals surface area contributed by atoms with Gasteiger partial charge in [-0.15, -0.1) is 0 Å². The topological polar surface area (TPSA) is 88.8 Å². The van der Waals surface area contributed by atoms with E-state index in [-0.39, 0.29) is 17.3 Å². The summed E-state index contributed by atoms with van der Waals surface area (Å²) in [5, 5.41) is 2.14. The van der Waals surface area contributed by atoms with E-state index in [1.54, 1.807) is 23.5 Å². The summed E-state index contributed by atoms with van der Waals surface area (Å²) in [6.07, 6.45) is 27.8. The number of nitrogens with zero attached hydrogens (tertiary/aromatic N) is 1. The van der Waals surface area contributed by atoms with Gasteiger partial charge in [0.25, 0.3) is 0 Å². The zero-order valence-electron chi connectivity index (χ0n) is 28.2. The van der Waals surface area contributed by atoms with Crippen molar-refractivity contribution in [3.63, 3.8) is 0 Å². The van der Waals surface area contributed by atoms with Gasteiger partial charge in [-0.1, -0.05) is 126 Å². The molecule has 9 heteroatoms. The molecule has 0 amide bonds. The molecule has 0 N–H and O–H groups in total. The fourth-order valence-corrected chi connectivity index (χ4v) is 6.51. The van der Waals surface area contributed by atoms with Crippen molar-refractivity contribution in [3.05, 3.63) is 46.9 Å². The van der Waals surface area contributed by atoms with Crippen molar-refractivity contribution in [1.29, 1.82) is 0 Å². The van der Waals surface area contributed by atoms with Gasteiger partial charge in [-0.05, 0) is 44.7 Å². The van der Waals surface area contributed by atoms with Crippen molar-refractivity contribution < 1.29 is 31.7 Å². The summed E-state index contributed by atoms with van der Waals surface area (Å²) in [6.45, 7) is 7.50. The lowest BCUT2D eigenvalue weighted by Crippen LogP contribution is -2.29. The van der Waals surface area contributed by atoms with E-state index in [0.717, 1.165) is 31.6 Å². The smallest absolute Gasteiger partial charge is 0.224 e. The van der Waals surface area contributed by atoms with Crippen LogP contribution in [0.25, 0.3) is 0 Å². The molecule has 1 aliphatic rings. The number of aromatic nitrogens is 1. The molecule has 0 radical (unpaired) electrons. The molecule has 0 bridgehead atoms. The largest absolute Gasteiger partial charge is 0.744 e. The van der Waals surface area contributed by atoms with Crippen LogP contribution in [-0.2, 0) is 30.9 Å². The van der Waals surface area contributed by atoms with Crippen LogP contribution in [0.1, 0.15) is 134 Å². The van der Waals surface area contributed by atoms with Gasteiger partial charge in [0, 0.05) is 13.0 Å². The molecule has 45 heavy (non-hydrogen) atoms. The Kier molecular flexibility index (Phi) is 22.7. The third kappa shape index (κ3) is 21.2. The van der Waals surface area contributed by atoms with E-state index in [9.17, 15) is 13.0 Å². The van der Waals surface area contributed by atoms with E-state index in [4.69, 9.17) is 14.2 Å². The lowest BCUT2D eigenvalue weighted by atomic mass is 10.0. The third-order valence-corrected chi connectivity index (χ3v) is 9.72. The lowest BCUT2D eigenvalue weighted by Gasteiger charge is -2.12. The van der Waals surface area contributed by atoms with Gasteiger partial charge in [0.05, 0.1) is 23.5 Å². The molecule has 0 aliphatic carbocycles. The highest BCUT2D eigenvalue weighted by molar-refractivity contribution is 7.85. The molecule has 2 heterocycles. The summed E-state index contributed by atoms with van der Waals surface area (Å²) in [5.41, 5.74) is 3.12. The van der Waals surface area contributed by atoms with E-state index >= 15 is 0 Å². The predicted molar refractivity (Wildman–Crippen MR) is 182 cm³/mol. The lowest BCUT2D eigenvalue weighted by molar-refractivity contribution is -0.692. The predicted octanol–water partition coefficient (Wildman–Crippen LogP) is 9.12. The highest BCUT2D eigenvalue weighted by Crippen LogP contribution is 2.19. The molecule has 1 aliphatic heterocycles. The van der Waals surface area contributed by atoms with Crippen LogP contribution < -0.4 is 4.57 Å². The zero-order valence-corrected chi connectivity index (χ0v) is 29.8. The maximum absolute atomic E-state index is 10.4. The van der Waals surface area contributed by atoms with Gasteiger partial charge < -0.3 is 18.8 Å². The molecule has 1 aromatic heterocycles. The van der Waals surface area contributed by atoms with E-state index in [1.807, 2.05) is 6.92 Å². The minimum Gasteiger partial charge on any atom is -0.744 e. The van der Waals surface area contributed by atoms with Crippen LogP contribution >= 0.6 is 11.3 Å². The van der Waals surface area contributed by atoms with Crippen molar-refractivity contribution in [1.82, 2.24) is 0 Å². The van der Waals surface area contributed by atoms with Crippen LogP contribution in [0.5, 0.6) is 0 Å². The van der Waals surface area contributed by atoms with Crippen LogP contribution in [-0.4, -0.2) is 45.2 Å². The number of unbranched alkanes of at least 4 members (excludes halogenated alkanes) is 16. The van der Waals surface area contributed by atoms with Gasteiger partial charge >= 0.3 is 0 Å². The number of thiazole rings is 1. The van der Waals surface area contributed by atoms with Crippen LogP contribution in [0.3, 0.4) is 0 Å². The van der Waals surface area contributed by atoms with Crippen LogP contribution in [0.2, 0.25) is 0 Å². The normalized spacial score (nSPS) is 16.5. The first-order chi connectivity index (χ1) is 21.9. The van der Waals surface area contributed by atoms with Gasteiger partial charge in [-0.25, -0.2) is 8.42 Å². The van der Waals surface area contributed by atoms with E-state index in [1.165, 1.54) is 121 Å². The molecule has 2 unspecified atom stereocenters. The van der Waals surface area contributed by atoms with Crippen molar-refractivity contribution >= 4 is 21.5 Å². The number of hydrogen-bond donors (Lipinski definition) is 0. The Labute approximate surface area is 278 Å². The first kappa shape index (κ1) is 39.8. The molecule has 1 saturated heterocycles. The Balaban J connectivity index is 0.000000537. The first-order valence-corrected chi connectivity index (χ1v) is 20.0. The van der Waals surface area contributed by atoms with Gasteiger partial charge in [-0.3, -0.25) is 0 Å². The van der Waals surface area contributed by atoms with Crippen molar-refractivity contribution in [2.24, 2.45) is 0 Å². The molecular weight excluding hydrogens is 607 g/mol. The van der Waals surface area contributed by atoms with Crippen molar-refractivity contribution in [2.75, 3.05) is 19.8 Å². The molecule has 2 atom stereocenters. The molecular formula is C36H61NO6S2. The van der Waals surface area contributed by atoms with Gasteiger partial charge in [-0.2, -0.15) is 4.57 Å². The Morgan fingerprint density at radius 3 is 2.00 bits per heavy atom. The highest BCUT2D eigenvalue weighted by Gasteiger charge is 2.25. The molecule has 0 spiro atoms. The van der Waals surface area contributed by atoms with Gasteiger partial charge in [0.2, 0.25) is 5.51 Å². The number of aryl methyl sites for hydroxylation is 2.